The van der Waals surface area contributed by atoms with Gasteiger partial charge in [-0.3, -0.25) is 4.79 Å². The third-order valence-corrected chi connectivity index (χ3v) is 6.60. The highest BCUT2D eigenvalue weighted by Gasteiger charge is 2.20. The van der Waals surface area contributed by atoms with E-state index in [0.29, 0.717) is 5.82 Å². The van der Waals surface area contributed by atoms with Crippen LogP contribution in [0.1, 0.15) is 21.9 Å². The maximum absolute atomic E-state index is 12.5. The van der Waals surface area contributed by atoms with Crippen LogP contribution < -0.4 is 5.32 Å². The number of esters is 1. The number of nitrogens with zero attached hydrogens (tertiary/aromatic N) is 4. The Morgan fingerprint density at radius 1 is 1.15 bits per heavy atom. The van der Waals surface area contributed by atoms with Crippen LogP contribution in [-0.4, -0.2) is 60.1 Å². The minimum absolute atomic E-state index is 0.0132. The predicted molar refractivity (Wildman–Crippen MR) is 122 cm³/mol. The SMILES string of the molecule is Cc1cc(C)n(-c2ccc(Cl)c(C(=O)OCC(=O)Nc3cccc(S(=O)(=O)N(C)C)c3)n2)n1. The summed E-state index contributed by atoms with van der Waals surface area (Å²) in [6.07, 6.45) is 0. The fraction of sp³-hybridized carbons (Fsp3) is 0.238. The van der Waals surface area contributed by atoms with E-state index in [0.717, 1.165) is 15.7 Å². The zero-order chi connectivity index (χ0) is 24.3. The average Bonchev–Trinajstić information content (AvgIpc) is 3.10. The van der Waals surface area contributed by atoms with Crippen molar-refractivity contribution in [1.82, 2.24) is 19.1 Å². The first-order chi connectivity index (χ1) is 15.5. The standard InChI is InChI=1S/C21H22ClN5O5S/c1-13-10-14(2)27(25-13)18-9-8-17(22)20(24-18)21(29)32-12-19(28)23-15-6-5-7-16(11-15)33(30,31)26(3)4/h5-11H,12H2,1-4H3,(H,23,28). The molecule has 0 bridgehead atoms. The average molecular weight is 492 g/mol. The number of pyridine rings is 1. The Morgan fingerprint density at radius 2 is 1.88 bits per heavy atom. The number of hydrogen-bond donors (Lipinski definition) is 1. The molecule has 2 aromatic heterocycles. The molecule has 3 rings (SSSR count). The minimum atomic E-state index is -3.66. The molecule has 0 aliphatic heterocycles. The fourth-order valence-corrected chi connectivity index (χ4v) is 4.03. The van der Waals surface area contributed by atoms with Gasteiger partial charge in [0.25, 0.3) is 5.91 Å². The highest BCUT2D eigenvalue weighted by molar-refractivity contribution is 7.89. The zero-order valence-corrected chi connectivity index (χ0v) is 19.9. The lowest BCUT2D eigenvalue weighted by atomic mass is 10.3. The van der Waals surface area contributed by atoms with Gasteiger partial charge in [-0.2, -0.15) is 5.10 Å². The van der Waals surface area contributed by atoms with Gasteiger partial charge >= 0.3 is 5.97 Å². The zero-order valence-electron chi connectivity index (χ0n) is 18.4. The molecule has 2 heterocycles. The molecule has 174 valence electrons. The summed E-state index contributed by atoms with van der Waals surface area (Å²) in [5, 5.41) is 6.87. The lowest BCUT2D eigenvalue weighted by Crippen LogP contribution is -2.23. The Labute approximate surface area is 196 Å². The van der Waals surface area contributed by atoms with Crippen molar-refractivity contribution in [2.24, 2.45) is 0 Å². The molecule has 0 saturated carbocycles. The smallest absolute Gasteiger partial charge is 0.359 e. The van der Waals surface area contributed by atoms with Crippen LogP contribution in [0.5, 0.6) is 0 Å². The van der Waals surface area contributed by atoms with Gasteiger partial charge < -0.3 is 10.1 Å². The molecule has 1 aromatic carbocycles. The summed E-state index contributed by atoms with van der Waals surface area (Å²) in [6.45, 7) is 3.06. The summed E-state index contributed by atoms with van der Waals surface area (Å²) >= 11 is 6.10. The van der Waals surface area contributed by atoms with Crippen LogP contribution in [0.2, 0.25) is 5.02 Å². The summed E-state index contributed by atoms with van der Waals surface area (Å²) in [7, 11) is -0.852. The van der Waals surface area contributed by atoms with Crippen LogP contribution in [0.15, 0.2) is 47.4 Å². The molecule has 1 N–H and O–H groups in total. The fourth-order valence-electron chi connectivity index (χ4n) is 2.90. The molecule has 33 heavy (non-hydrogen) atoms. The second kappa shape index (κ2) is 9.69. The lowest BCUT2D eigenvalue weighted by Gasteiger charge is -2.13. The van der Waals surface area contributed by atoms with Gasteiger partial charge in [0, 0.05) is 25.5 Å². The van der Waals surface area contributed by atoms with E-state index in [9.17, 15) is 18.0 Å². The van der Waals surface area contributed by atoms with Gasteiger partial charge in [-0.15, -0.1) is 0 Å². The van der Waals surface area contributed by atoms with Gasteiger partial charge in [-0.05, 0) is 50.2 Å². The Hall–Kier alpha value is -3.28. The largest absolute Gasteiger partial charge is 0.451 e. The van der Waals surface area contributed by atoms with Crippen molar-refractivity contribution in [3.63, 3.8) is 0 Å². The normalized spacial score (nSPS) is 11.5. The van der Waals surface area contributed by atoms with Crippen LogP contribution in [0.4, 0.5) is 5.69 Å². The number of nitrogens with one attached hydrogen (secondary N) is 1. The molecule has 12 heteroatoms. The van der Waals surface area contributed by atoms with Gasteiger partial charge in [0.05, 0.1) is 15.6 Å². The third kappa shape index (κ3) is 5.56. The van der Waals surface area contributed by atoms with E-state index in [2.05, 4.69) is 15.4 Å². The molecule has 0 spiro atoms. The van der Waals surface area contributed by atoms with Crippen LogP contribution in [0, 0.1) is 13.8 Å². The molecule has 3 aromatic rings. The summed E-state index contributed by atoms with van der Waals surface area (Å²) in [6, 6.07) is 10.7. The van der Waals surface area contributed by atoms with E-state index >= 15 is 0 Å². The van der Waals surface area contributed by atoms with Gasteiger partial charge in [-0.25, -0.2) is 27.2 Å². The Balaban J connectivity index is 1.69. The topological polar surface area (TPSA) is 123 Å². The van der Waals surface area contributed by atoms with E-state index in [-0.39, 0.29) is 21.3 Å². The number of carbonyl (C=O) groups is 2. The summed E-state index contributed by atoms with van der Waals surface area (Å²) in [5.74, 6) is -1.17. The summed E-state index contributed by atoms with van der Waals surface area (Å²) in [4.78, 5) is 29.0. The van der Waals surface area contributed by atoms with Crippen molar-refractivity contribution in [3.8, 4) is 5.82 Å². The number of hydrogen-bond acceptors (Lipinski definition) is 7. The van der Waals surface area contributed by atoms with Gasteiger partial charge in [0.2, 0.25) is 10.0 Å². The summed E-state index contributed by atoms with van der Waals surface area (Å²) < 4.78 is 32.2. The van der Waals surface area contributed by atoms with E-state index in [1.165, 1.54) is 44.4 Å². The lowest BCUT2D eigenvalue weighted by molar-refractivity contribution is -0.119. The van der Waals surface area contributed by atoms with Gasteiger partial charge in [-0.1, -0.05) is 17.7 Å². The third-order valence-electron chi connectivity index (χ3n) is 4.48. The van der Waals surface area contributed by atoms with Gasteiger partial charge in [0.15, 0.2) is 18.1 Å². The number of sulfonamides is 1. The molecular formula is C21H22ClN5O5S. The molecule has 0 atom stereocenters. The van der Waals surface area contributed by atoms with E-state index in [1.54, 1.807) is 10.7 Å². The molecule has 0 aliphatic carbocycles. The van der Waals surface area contributed by atoms with Crippen molar-refractivity contribution < 1.29 is 22.7 Å². The van der Waals surface area contributed by atoms with Crippen molar-refractivity contribution in [2.45, 2.75) is 18.7 Å². The number of aryl methyl sites for hydroxylation is 2. The number of carbonyl (C=O) groups excluding carboxylic acids is 2. The monoisotopic (exact) mass is 491 g/mol. The van der Waals surface area contributed by atoms with Crippen molar-refractivity contribution >= 4 is 39.2 Å². The molecule has 0 fully saturated rings. The molecule has 0 radical (unpaired) electrons. The Morgan fingerprint density at radius 3 is 2.52 bits per heavy atom. The molecule has 0 saturated heterocycles. The minimum Gasteiger partial charge on any atom is -0.451 e. The molecule has 10 nitrogen and oxygen atoms in total. The number of aromatic nitrogens is 3. The number of halogens is 1. The highest BCUT2D eigenvalue weighted by atomic mass is 35.5. The first kappa shape index (κ1) is 24.4. The number of ether oxygens (including phenoxy) is 1. The molecular weight excluding hydrogens is 470 g/mol. The van der Waals surface area contributed by atoms with Crippen molar-refractivity contribution in [2.75, 3.05) is 26.0 Å². The van der Waals surface area contributed by atoms with Crippen LogP contribution >= 0.6 is 11.6 Å². The molecule has 0 unspecified atom stereocenters. The second-order valence-electron chi connectivity index (χ2n) is 7.28. The number of anilines is 1. The maximum Gasteiger partial charge on any atom is 0.359 e. The Kier molecular flexibility index (Phi) is 7.15. The quantitative estimate of drug-likeness (QED) is 0.504. The molecule has 0 aliphatic rings. The maximum atomic E-state index is 12.5. The van der Waals surface area contributed by atoms with Crippen LogP contribution in [0.3, 0.4) is 0 Å². The highest BCUT2D eigenvalue weighted by Crippen LogP contribution is 2.20. The Bertz CT molecular complexity index is 1320. The number of rotatable bonds is 7. The first-order valence-corrected chi connectivity index (χ1v) is 11.5. The van der Waals surface area contributed by atoms with E-state index < -0.39 is 28.5 Å². The van der Waals surface area contributed by atoms with Crippen LogP contribution in [-0.2, 0) is 19.6 Å². The van der Waals surface area contributed by atoms with Crippen molar-refractivity contribution in [1.29, 1.82) is 0 Å². The van der Waals surface area contributed by atoms with E-state index in [1.807, 2.05) is 19.9 Å². The van der Waals surface area contributed by atoms with E-state index in [4.69, 9.17) is 16.3 Å². The number of benzene rings is 1. The van der Waals surface area contributed by atoms with Crippen molar-refractivity contribution in [3.05, 3.63) is 64.6 Å². The first-order valence-electron chi connectivity index (χ1n) is 9.69. The number of amides is 1. The predicted octanol–water partition coefficient (Wildman–Crippen LogP) is 2.58. The summed E-state index contributed by atoms with van der Waals surface area (Å²) in [5.41, 5.74) is 1.68. The molecule has 1 amide bonds. The second-order valence-corrected chi connectivity index (χ2v) is 9.84. The van der Waals surface area contributed by atoms with Crippen LogP contribution in [0.25, 0.3) is 5.82 Å². The van der Waals surface area contributed by atoms with Gasteiger partial charge in [0.1, 0.15) is 0 Å².